The lowest BCUT2D eigenvalue weighted by Crippen LogP contribution is -2.56. The number of nitrogens with two attached hydrogens (primary N) is 1. The Hall–Kier alpha value is -2.95. The first-order valence-electron chi connectivity index (χ1n) is 8.45. The Morgan fingerprint density at radius 1 is 1.15 bits per heavy atom. The predicted molar refractivity (Wildman–Crippen MR) is 95.3 cm³/mol. The standard InChI is InChI=1S/C16H26N6O5/c1-8(2)13(16(26)27)22-14(24)9(3)20-15(25)11(21-12(23)5-17)4-10-6-18-7-19-10/h6-9,11,13H,4-5,17H2,1-3H3,(H,18,19)(H,20,25)(H,21,23)(H,22,24)(H,26,27). The number of nitrogens with one attached hydrogen (secondary N) is 4. The molecule has 1 aromatic heterocycles. The molecule has 11 nitrogen and oxygen atoms in total. The van der Waals surface area contributed by atoms with Crippen LogP contribution in [0, 0.1) is 5.92 Å². The van der Waals surface area contributed by atoms with Crippen LogP contribution in [-0.4, -0.2) is 63.4 Å². The van der Waals surface area contributed by atoms with Gasteiger partial charge in [0.25, 0.3) is 0 Å². The van der Waals surface area contributed by atoms with E-state index in [0.29, 0.717) is 5.69 Å². The van der Waals surface area contributed by atoms with Crippen molar-refractivity contribution in [2.45, 2.75) is 45.3 Å². The third-order valence-corrected chi connectivity index (χ3v) is 3.80. The van der Waals surface area contributed by atoms with Gasteiger partial charge >= 0.3 is 5.97 Å². The van der Waals surface area contributed by atoms with Gasteiger partial charge in [0.1, 0.15) is 18.1 Å². The zero-order chi connectivity index (χ0) is 20.6. The maximum absolute atomic E-state index is 12.5. The molecule has 0 aliphatic carbocycles. The first-order valence-corrected chi connectivity index (χ1v) is 8.45. The van der Waals surface area contributed by atoms with Crippen molar-refractivity contribution >= 4 is 23.7 Å². The summed E-state index contributed by atoms with van der Waals surface area (Å²) in [7, 11) is 0. The summed E-state index contributed by atoms with van der Waals surface area (Å²) in [5.74, 6) is -3.27. The Morgan fingerprint density at radius 2 is 1.81 bits per heavy atom. The van der Waals surface area contributed by atoms with E-state index in [1.807, 2.05) is 0 Å². The maximum Gasteiger partial charge on any atom is 0.326 e. The first-order chi connectivity index (χ1) is 12.6. The molecule has 0 bridgehead atoms. The van der Waals surface area contributed by atoms with Crippen LogP contribution in [0.2, 0.25) is 0 Å². The monoisotopic (exact) mass is 382 g/mol. The number of carboxylic acids is 1. The second-order valence-electron chi connectivity index (χ2n) is 6.40. The van der Waals surface area contributed by atoms with Gasteiger partial charge in [-0.2, -0.15) is 0 Å². The van der Waals surface area contributed by atoms with Crippen molar-refractivity contribution in [2.75, 3.05) is 6.54 Å². The van der Waals surface area contributed by atoms with Crippen LogP contribution in [0.15, 0.2) is 12.5 Å². The number of imidazole rings is 1. The van der Waals surface area contributed by atoms with E-state index in [9.17, 15) is 19.2 Å². The molecule has 3 amide bonds. The fraction of sp³-hybridized carbons (Fsp3) is 0.562. The molecule has 7 N–H and O–H groups in total. The lowest BCUT2D eigenvalue weighted by atomic mass is 10.0. The van der Waals surface area contributed by atoms with Crippen molar-refractivity contribution in [1.82, 2.24) is 25.9 Å². The van der Waals surface area contributed by atoms with E-state index < -0.39 is 41.8 Å². The highest BCUT2D eigenvalue weighted by Crippen LogP contribution is 2.03. The van der Waals surface area contributed by atoms with Gasteiger partial charge in [-0.1, -0.05) is 13.8 Å². The molecule has 1 aromatic rings. The van der Waals surface area contributed by atoms with Crippen molar-refractivity contribution in [2.24, 2.45) is 11.7 Å². The maximum atomic E-state index is 12.5. The van der Waals surface area contributed by atoms with Crippen LogP contribution in [0.5, 0.6) is 0 Å². The SMILES string of the molecule is CC(NC(=O)C(Cc1cnc[nH]1)NC(=O)CN)C(=O)NC(C(=O)O)C(C)C. The molecule has 0 aliphatic rings. The Labute approximate surface area is 156 Å². The zero-order valence-corrected chi connectivity index (χ0v) is 15.5. The number of carbonyl (C=O) groups is 4. The fourth-order valence-corrected chi connectivity index (χ4v) is 2.25. The van der Waals surface area contributed by atoms with E-state index >= 15 is 0 Å². The molecule has 3 atom stereocenters. The van der Waals surface area contributed by atoms with Crippen LogP contribution in [0.4, 0.5) is 0 Å². The number of nitrogens with zero attached hydrogens (tertiary/aromatic N) is 1. The second-order valence-corrected chi connectivity index (χ2v) is 6.40. The van der Waals surface area contributed by atoms with E-state index in [0.717, 1.165) is 0 Å². The molecule has 0 saturated heterocycles. The van der Waals surface area contributed by atoms with Gasteiger partial charge in [0.15, 0.2) is 0 Å². The molecule has 0 spiro atoms. The summed E-state index contributed by atoms with van der Waals surface area (Å²) in [4.78, 5) is 54.1. The van der Waals surface area contributed by atoms with E-state index in [1.54, 1.807) is 13.8 Å². The van der Waals surface area contributed by atoms with Crippen molar-refractivity contribution in [3.63, 3.8) is 0 Å². The third kappa shape index (κ3) is 7.05. The quantitative estimate of drug-likeness (QED) is 0.274. The lowest BCUT2D eigenvalue weighted by molar-refractivity contribution is -0.143. The van der Waals surface area contributed by atoms with Crippen molar-refractivity contribution in [3.8, 4) is 0 Å². The largest absolute Gasteiger partial charge is 0.480 e. The van der Waals surface area contributed by atoms with Gasteiger partial charge in [-0.15, -0.1) is 0 Å². The number of H-pyrrole nitrogens is 1. The number of carbonyl (C=O) groups excluding carboxylic acids is 3. The summed E-state index contributed by atoms with van der Waals surface area (Å²) in [5, 5.41) is 16.5. The van der Waals surface area contributed by atoms with Gasteiger partial charge < -0.3 is 31.8 Å². The topological polar surface area (TPSA) is 179 Å². The minimum absolute atomic E-state index is 0.121. The molecule has 1 rings (SSSR count). The molecular weight excluding hydrogens is 356 g/mol. The van der Waals surface area contributed by atoms with E-state index in [1.165, 1.54) is 19.4 Å². The van der Waals surface area contributed by atoms with Gasteiger partial charge in [-0.05, 0) is 12.8 Å². The van der Waals surface area contributed by atoms with Crippen LogP contribution in [0.1, 0.15) is 26.5 Å². The molecule has 1 heterocycles. The Balaban J connectivity index is 2.75. The molecule has 0 aromatic carbocycles. The highest BCUT2D eigenvalue weighted by atomic mass is 16.4. The number of hydrogen-bond acceptors (Lipinski definition) is 6. The number of aromatic nitrogens is 2. The molecule has 0 saturated carbocycles. The molecule has 11 heteroatoms. The lowest BCUT2D eigenvalue weighted by Gasteiger charge is -2.23. The van der Waals surface area contributed by atoms with Crippen LogP contribution < -0.4 is 21.7 Å². The van der Waals surface area contributed by atoms with E-state index in [4.69, 9.17) is 10.8 Å². The van der Waals surface area contributed by atoms with Gasteiger partial charge in [0.2, 0.25) is 17.7 Å². The van der Waals surface area contributed by atoms with Gasteiger partial charge in [-0.25, -0.2) is 9.78 Å². The molecule has 3 unspecified atom stereocenters. The predicted octanol–water partition coefficient (Wildman–Crippen LogP) is -1.87. The van der Waals surface area contributed by atoms with Crippen molar-refractivity contribution in [3.05, 3.63) is 18.2 Å². The molecule has 27 heavy (non-hydrogen) atoms. The van der Waals surface area contributed by atoms with Crippen LogP contribution >= 0.6 is 0 Å². The summed E-state index contributed by atoms with van der Waals surface area (Å²) in [6.07, 6.45) is 3.06. The first kappa shape index (κ1) is 22.1. The Bertz CT molecular complexity index is 660. The average molecular weight is 382 g/mol. The number of carboxylic acid groups (broad SMARTS) is 1. The minimum atomic E-state index is -1.16. The number of aromatic amines is 1. The summed E-state index contributed by atoms with van der Waals surface area (Å²) in [6.45, 7) is 4.44. The van der Waals surface area contributed by atoms with E-state index in [-0.39, 0.29) is 18.9 Å². The highest BCUT2D eigenvalue weighted by molar-refractivity contribution is 5.93. The van der Waals surface area contributed by atoms with Gasteiger partial charge in [-0.3, -0.25) is 14.4 Å². The smallest absolute Gasteiger partial charge is 0.326 e. The second kappa shape index (κ2) is 10.3. The van der Waals surface area contributed by atoms with Gasteiger partial charge in [0, 0.05) is 18.3 Å². The highest BCUT2D eigenvalue weighted by Gasteiger charge is 2.28. The fourth-order valence-electron chi connectivity index (χ4n) is 2.25. The number of aliphatic carboxylic acids is 1. The summed E-state index contributed by atoms with van der Waals surface area (Å²) >= 11 is 0. The minimum Gasteiger partial charge on any atom is -0.480 e. The average Bonchev–Trinajstić information content (AvgIpc) is 3.10. The third-order valence-electron chi connectivity index (χ3n) is 3.80. The molecule has 150 valence electrons. The number of hydrogen-bond donors (Lipinski definition) is 6. The number of rotatable bonds is 10. The Kier molecular flexibility index (Phi) is 8.39. The van der Waals surface area contributed by atoms with Crippen LogP contribution in [0.3, 0.4) is 0 Å². The zero-order valence-electron chi connectivity index (χ0n) is 15.5. The Morgan fingerprint density at radius 3 is 2.30 bits per heavy atom. The van der Waals surface area contributed by atoms with Gasteiger partial charge in [0.05, 0.1) is 12.9 Å². The molecule has 0 aliphatic heterocycles. The molecule has 0 fully saturated rings. The normalized spacial score (nSPS) is 14.1. The molecule has 0 radical (unpaired) electrons. The van der Waals surface area contributed by atoms with Crippen molar-refractivity contribution < 1.29 is 24.3 Å². The van der Waals surface area contributed by atoms with Crippen molar-refractivity contribution in [1.29, 1.82) is 0 Å². The number of amides is 3. The van der Waals surface area contributed by atoms with Crippen LogP contribution in [-0.2, 0) is 25.6 Å². The molecular formula is C16H26N6O5. The van der Waals surface area contributed by atoms with Crippen LogP contribution in [0.25, 0.3) is 0 Å². The van der Waals surface area contributed by atoms with E-state index in [2.05, 4.69) is 25.9 Å². The summed E-state index contributed by atoms with van der Waals surface area (Å²) in [6, 6.07) is -3.05. The summed E-state index contributed by atoms with van der Waals surface area (Å²) in [5.41, 5.74) is 5.88. The summed E-state index contributed by atoms with van der Waals surface area (Å²) < 4.78 is 0.